The number of hydrazone groups is 1. The zero-order chi connectivity index (χ0) is 23.8. The SMILES string of the molecule is COc1ccc(/C=N/Nc2nnc(SCC(=O)Nc3ccccc3[N+](=O)[O-])n2N)cc1OC. The molecular weight excluding hydrogens is 452 g/mol. The van der Waals surface area contributed by atoms with Crippen molar-refractivity contribution in [2.24, 2.45) is 5.10 Å². The van der Waals surface area contributed by atoms with Gasteiger partial charge in [0, 0.05) is 6.07 Å². The first-order valence-electron chi connectivity index (χ1n) is 9.30. The van der Waals surface area contributed by atoms with Crippen LogP contribution in [0.5, 0.6) is 11.5 Å². The molecule has 14 heteroatoms. The number of amides is 1. The Kier molecular flexibility index (Phi) is 7.64. The molecule has 0 fully saturated rings. The van der Waals surface area contributed by atoms with Gasteiger partial charge in [-0.1, -0.05) is 23.9 Å². The minimum atomic E-state index is -0.570. The van der Waals surface area contributed by atoms with E-state index in [1.807, 2.05) is 0 Å². The van der Waals surface area contributed by atoms with Crippen molar-refractivity contribution in [3.05, 3.63) is 58.1 Å². The van der Waals surface area contributed by atoms with Gasteiger partial charge in [-0.3, -0.25) is 14.9 Å². The lowest BCUT2D eigenvalue weighted by Gasteiger charge is -2.07. The third-order valence-electron chi connectivity index (χ3n) is 4.16. The van der Waals surface area contributed by atoms with Crippen molar-refractivity contribution in [3.63, 3.8) is 0 Å². The van der Waals surface area contributed by atoms with Gasteiger partial charge >= 0.3 is 0 Å². The molecule has 0 aliphatic carbocycles. The van der Waals surface area contributed by atoms with Gasteiger partial charge in [0.25, 0.3) is 11.6 Å². The highest BCUT2D eigenvalue weighted by atomic mass is 32.2. The van der Waals surface area contributed by atoms with Crippen molar-refractivity contribution in [1.29, 1.82) is 0 Å². The summed E-state index contributed by atoms with van der Waals surface area (Å²) in [4.78, 5) is 22.7. The van der Waals surface area contributed by atoms with Crippen LogP contribution in [0.15, 0.2) is 52.7 Å². The molecule has 0 unspecified atom stereocenters. The third-order valence-corrected chi connectivity index (χ3v) is 5.10. The highest BCUT2D eigenvalue weighted by molar-refractivity contribution is 7.99. The van der Waals surface area contributed by atoms with Crippen LogP contribution >= 0.6 is 11.8 Å². The number of aromatic nitrogens is 3. The molecule has 33 heavy (non-hydrogen) atoms. The number of nitrogens with two attached hydrogens (primary N) is 1. The lowest BCUT2D eigenvalue weighted by atomic mass is 10.2. The summed E-state index contributed by atoms with van der Waals surface area (Å²) >= 11 is 1.01. The molecule has 0 saturated heterocycles. The summed E-state index contributed by atoms with van der Waals surface area (Å²) in [6.07, 6.45) is 1.53. The summed E-state index contributed by atoms with van der Waals surface area (Å²) < 4.78 is 11.6. The quantitative estimate of drug-likeness (QED) is 0.130. The number of carbonyl (C=O) groups excluding carboxylic acids is 1. The molecule has 0 saturated carbocycles. The second-order valence-electron chi connectivity index (χ2n) is 6.27. The number of hydrogen-bond donors (Lipinski definition) is 3. The molecule has 2 aromatic carbocycles. The van der Waals surface area contributed by atoms with Crippen molar-refractivity contribution in [3.8, 4) is 11.5 Å². The smallest absolute Gasteiger partial charge is 0.292 e. The average molecular weight is 472 g/mol. The van der Waals surface area contributed by atoms with Crippen LogP contribution in [-0.4, -0.2) is 51.9 Å². The van der Waals surface area contributed by atoms with Crippen LogP contribution in [0.25, 0.3) is 0 Å². The molecule has 3 aromatic rings. The zero-order valence-corrected chi connectivity index (χ0v) is 18.4. The number of nitro benzene ring substituents is 1. The molecule has 4 N–H and O–H groups in total. The fourth-order valence-corrected chi connectivity index (χ4v) is 3.26. The molecular formula is C19H20N8O5S. The molecule has 0 radical (unpaired) electrons. The second kappa shape index (κ2) is 10.8. The first-order valence-corrected chi connectivity index (χ1v) is 10.3. The molecule has 1 heterocycles. The first-order chi connectivity index (χ1) is 15.9. The van der Waals surface area contributed by atoms with Crippen molar-refractivity contribution in [2.45, 2.75) is 5.16 Å². The van der Waals surface area contributed by atoms with Crippen LogP contribution in [0.3, 0.4) is 0 Å². The Morgan fingerprint density at radius 1 is 1.24 bits per heavy atom. The number of rotatable bonds is 10. The van der Waals surface area contributed by atoms with E-state index in [4.69, 9.17) is 15.3 Å². The summed E-state index contributed by atoms with van der Waals surface area (Å²) in [5.74, 6) is 6.70. The standard InChI is InChI=1S/C19H20N8O5S/c1-31-15-8-7-12(9-16(15)32-2)10-21-23-18-24-25-19(26(18)20)33-11-17(28)22-13-5-3-4-6-14(13)27(29)30/h3-10H,11,20H2,1-2H3,(H,22,28)(H,23,24)/b21-10+. The summed E-state index contributed by atoms with van der Waals surface area (Å²) in [7, 11) is 3.08. The van der Waals surface area contributed by atoms with Gasteiger partial charge in [-0.2, -0.15) is 5.10 Å². The van der Waals surface area contributed by atoms with E-state index >= 15 is 0 Å². The Bertz CT molecular complexity index is 1180. The summed E-state index contributed by atoms with van der Waals surface area (Å²) in [6, 6.07) is 11.1. The molecule has 1 amide bonds. The predicted octanol–water partition coefficient (Wildman–Crippen LogP) is 2.09. The summed E-state index contributed by atoms with van der Waals surface area (Å²) in [5, 5.41) is 25.7. The predicted molar refractivity (Wildman–Crippen MR) is 123 cm³/mol. The van der Waals surface area contributed by atoms with E-state index in [0.717, 1.165) is 22.0 Å². The number of anilines is 2. The molecule has 13 nitrogen and oxygen atoms in total. The average Bonchev–Trinajstić information content (AvgIpc) is 3.17. The first kappa shape index (κ1) is 23.3. The Balaban J connectivity index is 1.57. The normalized spacial score (nSPS) is 10.7. The number of nitro groups is 1. The van der Waals surface area contributed by atoms with Crippen molar-refractivity contribution in [2.75, 3.05) is 36.6 Å². The summed E-state index contributed by atoms with van der Waals surface area (Å²) in [6.45, 7) is 0. The van der Waals surface area contributed by atoms with Gasteiger partial charge in [-0.15, -0.1) is 10.2 Å². The monoisotopic (exact) mass is 472 g/mol. The largest absolute Gasteiger partial charge is 0.493 e. The Hall–Kier alpha value is -4.33. The maximum atomic E-state index is 12.2. The number of ether oxygens (including phenoxy) is 2. The second-order valence-corrected chi connectivity index (χ2v) is 7.21. The number of nitrogens with one attached hydrogen (secondary N) is 2. The number of nitrogens with zero attached hydrogens (tertiary/aromatic N) is 5. The van der Waals surface area contributed by atoms with Gasteiger partial charge in [0.1, 0.15) is 5.69 Å². The molecule has 1 aromatic heterocycles. The number of methoxy groups -OCH3 is 2. The van der Waals surface area contributed by atoms with E-state index in [0.29, 0.717) is 11.5 Å². The van der Waals surface area contributed by atoms with Crippen molar-refractivity contribution in [1.82, 2.24) is 14.9 Å². The van der Waals surface area contributed by atoms with E-state index in [1.54, 1.807) is 31.4 Å². The number of benzene rings is 2. The molecule has 0 bridgehead atoms. The topological polar surface area (TPSA) is 172 Å². The lowest BCUT2D eigenvalue weighted by molar-refractivity contribution is -0.383. The molecule has 0 atom stereocenters. The van der Waals surface area contributed by atoms with Crippen LogP contribution in [0, 0.1) is 10.1 Å². The van der Waals surface area contributed by atoms with Gasteiger partial charge in [0.15, 0.2) is 11.5 Å². The summed E-state index contributed by atoms with van der Waals surface area (Å²) in [5.41, 5.74) is 3.32. The lowest BCUT2D eigenvalue weighted by Crippen LogP contribution is -2.17. The van der Waals surface area contributed by atoms with E-state index in [2.05, 4.69) is 26.0 Å². The van der Waals surface area contributed by atoms with E-state index in [9.17, 15) is 14.9 Å². The molecule has 0 spiro atoms. The number of carbonyl (C=O) groups is 1. The van der Waals surface area contributed by atoms with E-state index < -0.39 is 10.8 Å². The van der Waals surface area contributed by atoms with Crippen molar-refractivity contribution >= 4 is 41.2 Å². The molecule has 0 aliphatic rings. The Labute approximate surface area is 192 Å². The zero-order valence-electron chi connectivity index (χ0n) is 17.6. The maximum absolute atomic E-state index is 12.2. The third kappa shape index (κ3) is 5.88. The molecule has 3 rings (SSSR count). The Morgan fingerprint density at radius 2 is 2.00 bits per heavy atom. The van der Waals surface area contributed by atoms with Gasteiger partial charge in [0.05, 0.1) is 31.1 Å². The number of thioether (sulfide) groups is 1. The van der Waals surface area contributed by atoms with Gasteiger partial charge in [-0.05, 0) is 29.8 Å². The maximum Gasteiger partial charge on any atom is 0.292 e. The fraction of sp³-hybridized carbons (Fsp3) is 0.158. The van der Waals surface area contributed by atoms with Crippen LogP contribution in [0.2, 0.25) is 0 Å². The van der Waals surface area contributed by atoms with Crippen molar-refractivity contribution < 1.29 is 19.2 Å². The van der Waals surface area contributed by atoms with Crippen LogP contribution < -0.4 is 26.1 Å². The highest BCUT2D eigenvalue weighted by Crippen LogP contribution is 2.27. The Morgan fingerprint density at radius 3 is 2.73 bits per heavy atom. The van der Waals surface area contributed by atoms with Crippen LogP contribution in [-0.2, 0) is 4.79 Å². The molecule has 0 aliphatic heterocycles. The van der Waals surface area contributed by atoms with E-state index in [-0.39, 0.29) is 28.2 Å². The fourth-order valence-electron chi connectivity index (χ4n) is 2.60. The number of nitrogen functional groups attached to an aromatic ring is 1. The van der Waals surface area contributed by atoms with Crippen LogP contribution in [0.4, 0.5) is 17.3 Å². The van der Waals surface area contributed by atoms with E-state index in [1.165, 1.54) is 31.5 Å². The number of hydrogen-bond acceptors (Lipinski definition) is 11. The van der Waals surface area contributed by atoms with Gasteiger partial charge in [-0.25, -0.2) is 10.1 Å². The molecule has 172 valence electrons. The van der Waals surface area contributed by atoms with Crippen LogP contribution in [0.1, 0.15) is 5.56 Å². The minimum absolute atomic E-state index is 0.0870. The minimum Gasteiger partial charge on any atom is -0.493 e. The number of para-hydroxylation sites is 2. The van der Waals surface area contributed by atoms with Gasteiger partial charge in [0.2, 0.25) is 11.1 Å². The highest BCUT2D eigenvalue weighted by Gasteiger charge is 2.16. The van der Waals surface area contributed by atoms with Gasteiger partial charge < -0.3 is 20.6 Å².